The number of nitrogens with one attached hydrogen (secondary N) is 2. The fourth-order valence-electron chi connectivity index (χ4n) is 1.69. The number of aromatic nitrogens is 2. The Hall–Kier alpha value is -1.33. The summed E-state index contributed by atoms with van der Waals surface area (Å²) in [7, 11) is 3.56. The molecule has 1 heterocycles. The molecule has 5 heteroatoms. The summed E-state index contributed by atoms with van der Waals surface area (Å²) in [4.78, 5) is 7.48. The monoisotopic (exact) mass is 295 g/mol. The largest absolute Gasteiger partial charge is 0.496 e. The Kier molecular flexibility index (Phi) is 3.81. The summed E-state index contributed by atoms with van der Waals surface area (Å²) in [5, 5.41) is 3.11. The predicted octanol–water partition coefficient (Wildman–Crippen LogP) is 2.57. The first kappa shape index (κ1) is 12.1. The number of hydrogen-bond donors (Lipinski definition) is 2. The molecule has 0 amide bonds. The number of halogens is 1. The average molecular weight is 296 g/mol. The van der Waals surface area contributed by atoms with E-state index < -0.39 is 0 Å². The van der Waals surface area contributed by atoms with Crippen LogP contribution in [-0.4, -0.2) is 24.1 Å². The van der Waals surface area contributed by atoms with Gasteiger partial charge in [0.15, 0.2) is 0 Å². The summed E-state index contributed by atoms with van der Waals surface area (Å²) in [6.45, 7) is 0.763. The second-order valence-electron chi connectivity index (χ2n) is 3.61. The van der Waals surface area contributed by atoms with Gasteiger partial charge in [-0.3, -0.25) is 0 Å². The van der Waals surface area contributed by atoms with E-state index in [4.69, 9.17) is 4.74 Å². The first-order valence-electron chi connectivity index (χ1n) is 5.27. The molecule has 2 N–H and O–H groups in total. The number of imidazole rings is 1. The molecule has 0 aliphatic carbocycles. The van der Waals surface area contributed by atoms with Crippen LogP contribution in [0.3, 0.4) is 0 Å². The SMILES string of the molecule is CNCc1[nH]cnc1-c1ccc(OC)c(Br)c1. The molecule has 2 rings (SSSR count). The second-order valence-corrected chi connectivity index (χ2v) is 4.46. The molecule has 90 valence electrons. The van der Waals surface area contributed by atoms with Crippen LogP contribution in [0.1, 0.15) is 5.69 Å². The van der Waals surface area contributed by atoms with Crippen molar-refractivity contribution in [3.8, 4) is 17.0 Å². The van der Waals surface area contributed by atoms with E-state index in [9.17, 15) is 0 Å². The first-order chi connectivity index (χ1) is 8.26. The quantitative estimate of drug-likeness (QED) is 0.911. The zero-order valence-electron chi connectivity index (χ0n) is 9.75. The third-order valence-electron chi connectivity index (χ3n) is 2.50. The number of nitrogens with zero attached hydrogens (tertiary/aromatic N) is 1. The Morgan fingerprint density at radius 3 is 2.94 bits per heavy atom. The van der Waals surface area contributed by atoms with Crippen LogP contribution in [0.15, 0.2) is 29.0 Å². The van der Waals surface area contributed by atoms with E-state index in [0.717, 1.165) is 33.7 Å². The summed E-state index contributed by atoms with van der Waals surface area (Å²) in [6, 6.07) is 5.93. The van der Waals surface area contributed by atoms with Crippen LogP contribution >= 0.6 is 15.9 Å². The van der Waals surface area contributed by atoms with Gasteiger partial charge in [-0.2, -0.15) is 0 Å². The fraction of sp³-hybridized carbons (Fsp3) is 0.250. The van der Waals surface area contributed by atoms with Crippen molar-refractivity contribution in [2.24, 2.45) is 0 Å². The van der Waals surface area contributed by atoms with Crippen LogP contribution in [0.2, 0.25) is 0 Å². The summed E-state index contributed by atoms with van der Waals surface area (Å²) in [5.41, 5.74) is 3.09. The molecule has 0 unspecified atom stereocenters. The minimum Gasteiger partial charge on any atom is -0.496 e. The van der Waals surface area contributed by atoms with Crippen LogP contribution in [0.4, 0.5) is 0 Å². The Balaban J connectivity index is 2.39. The molecular weight excluding hydrogens is 282 g/mol. The Morgan fingerprint density at radius 2 is 2.29 bits per heavy atom. The molecule has 0 radical (unpaired) electrons. The van der Waals surface area contributed by atoms with Gasteiger partial charge in [0.25, 0.3) is 0 Å². The molecule has 0 aliphatic rings. The molecule has 1 aromatic carbocycles. The van der Waals surface area contributed by atoms with E-state index in [1.165, 1.54) is 0 Å². The molecule has 2 aromatic rings. The van der Waals surface area contributed by atoms with Crippen LogP contribution in [0.5, 0.6) is 5.75 Å². The van der Waals surface area contributed by atoms with Crippen molar-refractivity contribution in [2.45, 2.75) is 6.54 Å². The van der Waals surface area contributed by atoms with Gasteiger partial charge in [-0.05, 0) is 41.2 Å². The van der Waals surface area contributed by atoms with E-state index in [1.807, 2.05) is 25.2 Å². The average Bonchev–Trinajstić information content (AvgIpc) is 2.78. The molecule has 0 saturated carbocycles. The van der Waals surface area contributed by atoms with E-state index >= 15 is 0 Å². The second kappa shape index (κ2) is 5.33. The maximum atomic E-state index is 5.21. The van der Waals surface area contributed by atoms with Crippen molar-refractivity contribution in [1.82, 2.24) is 15.3 Å². The van der Waals surface area contributed by atoms with Gasteiger partial charge in [-0.1, -0.05) is 0 Å². The molecule has 0 atom stereocenters. The lowest BCUT2D eigenvalue weighted by Crippen LogP contribution is -2.06. The molecule has 0 bridgehead atoms. The normalized spacial score (nSPS) is 10.5. The van der Waals surface area contributed by atoms with Crippen LogP contribution in [-0.2, 0) is 6.54 Å². The summed E-state index contributed by atoms with van der Waals surface area (Å²) < 4.78 is 6.13. The summed E-state index contributed by atoms with van der Waals surface area (Å²) in [5.74, 6) is 0.819. The third kappa shape index (κ3) is 2.50. The van der Waals surface area contributed by atoms with Crippen LogP contribution in [0.25, 0.3) is 11.3 Å². The third-order valence-corrected chi connectivity index (χ3v) is 3.12. The molecular formula is C12H14BrN3O. The maximum Gasteiger partial charge on any atom is 0.133 e. The van der Waals surface area contributed by atoms with Gasteiger partial charge in [0, 0.05) is 12.1 Å². The highest BCUT2D eigenvalue weighted by Crippen LogP contribution is 2.30. The molecule has 17 heavy (non-hydrogen) atoms. The van der Waals surface area contributed by atoms with Gasteiger partial charge in [-0.25, -0.2) is 4.98 Å². The highest BCUT2D eigenvalue weighted by molar-refractivity contribution is 9.10. The zero-order chi connectivity index (χ0) is 12.3. The van der Waals surface area contributed by atoms with E-state index in [2.05, 4.69) is 31.2 Å². The van der Waals surface area contributed by atoms with E-state index in [1.54, 1.807) is 13.4 Å². The van der Waals surface area contributed by atoms with Gasteiger partial charge in [-0.15, -0.1) is 0 Å². The Morgan fingerprint density at radius 1 is 1.47 bits per heavy atom. The van der Waals surface area contributed by atoms with Crippen LogP contribution in [0, 0.1) is 0 Å². The number of methoxy groups -OCH3 is 1. The van der Waals surface area contributed by atoms with E-state index in [-0.39, 0.29) is 0 Å². The highest BCUT2D eigenvalue weighted by atomic mass is 79.9. The van der Waals surface area contributed by atoms with Crippen molar-refractivity contribution in [1.29, 1.82) is 0 Å². The number of aromatic amines is 1. The van der Waals surface area contributed by atoms with E-state index in [0.29, 0.717) is 0 Å². The van der Waals surface area contributed by atoms with Crippen molar-refractivity contribution in [2.75, 3.05) is 14.2 Å². The van der Waals surface area contributed by atoms with Gasteiger partial charge in [0.05, 0.1) is 29.3 Å². The molecule has 0 saturated heterocycles. The molecule has 0 spiro atoms. The van der Waals surface area contributed by atoms with Crippen molar-refractivity contribution in [3.05, 3.63) is 34.7 Å². The number of rotatable bonds is 4. The molecule has 1 aromatic heterocycles. The lowest BCUT2D eigenvalue weighted by atomic mass is 10.1. The van der Waals surface area contributed by atoms with Gasteiger partial charge in [0.1, 0.15) is 5.75 Å². The summed E-state index contributed by atoms with van der Waals surface area (Å²) in [6.07, 6.45) is 1.71. The summed E-state index contributed by atoms with van der Waals surface area (Å²) >= 11 is 3.48. The zero-order valence-corrected chi connectivity index (χ0v) is 11.3. The van der Waals surface area contributed by atoms with Gasteiger partial charge in [0.2, 0.25) is 0 Å². The Bertz CT molecular complexity index is 510. The Labute approximate surface area is 109 Å². The first-order valence-corrected chi connectivity index (χ1v) is 6.06. The fourth-order valence-corrected chi connectivity index (χ4v) is 2.24. The van der Waals surface area contributed by atoms with Crippen LogP contribution < -0.4 is 10.1 Å². The highest BCUT2D eigenvalue weighted by Gasteiger charge is 2.09. The topological polar surface area (TPSA) is 49.9 Å². The van der Waals surface area contributed by atoms with Gasteiger partial charge >= 0.3 is 0 Å². The lowest BCUT2D eigenvalue weighted by molar-refractivity contribution is 0.412. The smallest absolute Gasteiger partial charge is 0.133 e. The molecule has 4 nitrogen and oxygen atoms in total. The van der Waals surface area contributed by atoms with Crippen molar-refractivity contribution < 1.29 is 4.74 Å². The van der Waals surface area contributed by atoms with Gasteiger partial charge < -0.3 is 15.0 Å². The van der Waals surface area contributed by atoms with Crippen molar-refractivity contribution in [3.63, 3.8) is 0 Å². The predicted molar refractivity (Wildman–Crippen MR) is 71.0 cm³/mol. The minimum absolute atomic E-state index is 0.763. The number of H-pyrrole nitrogens is 1. The standard InChI is InChI=1S/C12H14BrN3O/c1-14-6-10-12(16-7-15-10)8-3-4-11(17-2)9(13)5-8/h3-5,7,14H,6H2,1-2H3,(H,15,16). The van der Waals surface area contributed by atoms with Crippen molar-refractivity contribution >= 4 is 15.9 Å². The maximum absolute atomic E-state index is 5.21. The number of benzene rings is 1. The minimum atomic E-state index is 0.763. The lowest BCUT2D eigenvalue weighted by Gasteiger charge is -2.06. The number of hydrogen-bond acceptors (Lipinski definition) is 3. The number of ether oxygens (including phenoxy) is 1. The molecule has 0 aliphatic heterocycles. The molecule has 0 fully saturated rings.